The van der Waals surface area contributed by atoms with Gasteiger partial charge in [0, 0.05) is 26.1 Å². The molecule has 12 atom stereocenters. The summed E-state index contributed by atoms with van der Waals surface area (Å²) in [6.45, 7) is 1.37. The fourth-order valence-corrected chi connectivity index (χ4v) is 8.28. The molecule has 37 nitrogen and oxygen atoms in total. The van der Waals surface area contributed by atoms with Gasteiger partial charge in [-0.2, -0.15) is 0 Å². The van der Waals surface area contributed by atoms with E-state index >= 15 is 0 Å². The van der Waals surface area contributed by atoms with E-state index in [0.29, 0.717) is 5.56 Å². The lowest BCUT2D eigenvalue weighted by Gasteiger charge is -2.28. The highest BCUT2D eigenvalue weighted by Gasteiger charge is 2.39. The lowest BCUT2D eigenvalue weighted by atomic mass is 10.0. The van der Waals surface area contributed by atoms with Gasteiger partial charge in [-0.05, 0) is 77.0 Å². The first-order valence-corrected chi connectivity index (χ1v) is 27.2. The molecule has 0 bridgehead atoms. The zero-order chi connectivity index (χ0) is 65.8. The molecule has 1 aromatic rings. The number of carbonyl (C=O) groups excluding carboxylic acids is 11. The van der Waals surface area contributed by atoms with Crippen molar-refractivity contribution < 1.29 is 93.0 Å². The zero-order valence-electron chi connectivity index (χ0n) is 47.9. The Balaban J connectivity index is 2.33. The maximum absolute atomic E-state index is 14.3. The van der Waals surface area contributed by atoms with E-state index in [-0.39, 0.29) is 70.3 Å². The number of nitrogens with one attached hydrogen (secondary N) is 13. The minimum atomic E-state index is -2.06. The molecule has 0 saturated carbocycles. The first-order chi connectivity index (χ1) is 40.8. The monoisotopic (exact) mass is 1240 g/mol. The molecule has 87 heavy (non-hydrogen) atoms. The second-order valence-corrected chi connectivity index (χ2v) is 20.2. The number of guanidine groups is 2. The summed E-state index contributed by atoms with van der Waals surface area (Å²) in [4.78, 5) is 172. The van der Waals surface area contributed by atoms with E-state index in [1.54, 1.807) is 0 Å². The van der Waals surface area contributed by atoms with Gasteiger partial charge in [0.2, 0.25) is 65.0 Å². The van der Waals surface area contributed by atoms with Crippen LogP contribution in [-0.2, 0) is 68.7 Å². The standard InChI is InChI=1S/C50H80N18O19/c1-22(60-47(85)37(52)23(2)70)39(77)63-30(18-34(51)73)43(81)65-31(19-36(75)76)44(82)66-32(21-69)40(78)59-20-35(74)68-16-6-9-33(68)46(84)62-28(8-5-15-58-50(55)56)41(79)61-27(7-4-14-57-49(53)54)42(80)64-29(17-25-10-12-26(72)13-11-25)45(83)67-38(24(3)71)48(86)87/h10-13,22-24,27-33,37-38,69-72H,4-9,14-21,52H2,1-3H3,(H2,51,73)(H,59,78)(H,60,85)(H,61,79)(H,62,84)(H,63,77)(H,64,80)(H,65,81)(H,66,82)(H,67,83)(H,75,76)(H,86,87)(H4,53,54,57)(H4,55,56,58)/t22-,23+,24+,27-,28-,29-,30-,31-,32-,33-,37-,38-/m0/s1. The second-order valence-electron chi connectivity index (χ2n) is 20.2. The van der Waals surface area contributed by atoms with E-state index in [4.69, 9.17) is 33.8 Å². The van der Waals surface area contributed by atoms with Crippen LogP contribution in [0.5, 0.6) is 5.75 Å². The number of benzene rings is 1. The topological polar surface area (TPSA) is 631 Å². The second kappa shape index (κ2) is 36.4. The number of nitrogens with zero attached hydrogens (tertiary/aromatic N) is 1. The maximum Gasteiger partial charge on any atom is 0.328 e. The number of carboxylic acid groups (broad SMARTS) is 2. The van der Waals surface area contributed by atoms with Crippen molar-refractivity contribution in [1.29, 1.82) is 10.8 Å². The van der Waals surface area contributed by atoms with Crippen LogP contribution in [0.2, 0.25) is 0 Å². The first kappa shape index (κ1) is 73.6. The number of carboxylic acids is 2. The zero-order valence-corrected chi connectivity index (χ0v) is 47.9. The molecule has 1 heterocycles. The Kier molecular flexibility index (Phi) is 30.8. The summed E-state index contributed by atoms with van der Waals surface area (Å²) >= 11 is 0. The molecule has 484 valence electrons. The molecule has 0 radical (unpaired) electrons. The van der Waals surface area contributed by atoms with Gasteiger partial charge in [0.05, 0.1) is 38.2 Å². The van der Waals surface area contributed by atoms with Gasteiger partial charge in [-0.25, -0.2) is 4.79 Å². The summed E-state index contributed by atoms with van der Waals surface area (Å²) < 4.78 is 0. The maximum atomic E-state index is 14.3. The Labute approximate surface area is 497 Å². The number of phenolic OH excluding ortho intramolecular Hbond substituents is 1. The predicted octanol–water partition coefficient (Wildman–Crippen LogP) is -10.0. The number of hydrogen-bond acceptors (Lipinski definition) is 20. The fraction of sp³-hybridized carbons (Fsp3) is 0.580. The van der Waals surface area contributed by atoms with Gasteiger partial charge >= 0.3 is 11.9 Å². The van der Waals surface area contributed by atoms with Crippen LogP contribution in [0.15, 0.2) is 24.3 Å². The number of aliphatic carboxylic acids is 2. The number of likely N-dealkylation sites (tertiary alicyclic amines) is 1. The molecule has 1 aliphatic heterocycles. The van der Waals surface area contributed by atoms with Gasteiger partial charge in [-0.3, -0.25) is 68.4 Å². The number of phenols is 1. The minimum Gasteiger partial charge on any atom is -0.508 e. The quantitative estimate of drug-likeness (QED) is 0.0167. The van der Waals surface area contributed by atoms with Crippen molar-refractivity contribution in [3.05, 3.63) is 29.8 Å². The van der Waals surface area contributed by atoms with Gasteiger partial charge in [-0.1, -0.05) is 12.1 Å². The van der Waals surface area contributed by atoms with Crippen LogP contribution in [0.25, 0.3) is 0 Å². The van der Waals surface area contributed by atoms with Crippen molar-refractivity contribution in [3.63, 3.8) is 0 Å². The average Bonchev–Trinajstić information content (AvgIpc) is 2.72. The smallest absolute Gasteiger partial charge is 0.328 e. The Morgan fingerprint density at radius 3 is 1.57 bits per heavy atom. The lowest BCUT2D eigenvalue weighted by Crippen LogP contribution is -2.60. The number of carbonyl (C=O) groups is 13. The van der Waals surface area contributed by atoms with Crippen molar-refractivity contribution in [1.82, 2.24) is 63.4 Å². The molecule has 37 heteroatoms. The van der Waals surface area contributed by atoms with Crippen LogP contribution in [-0.4, -0.2) is 230 Å². The summed E-state index contributed by atoms with van der Waals surface area (Å²) in [6.07, 6.45) is -5.32. The minimum absolute atomic E-state index is 0.00674. The fourth-order valence-electron chi connectivity index (χ4n) is 8.28. The molecule has 0 aromatic heterocycles. The highest BCUT2D eigenvalue weighted by molar-refractivity contribution is 6.00. The Hall–Kier alpha value is -9.49. The molecule has 0 unspecified atom stereocenters. The number of aliphatic hydroxyl groups excluding tert-OH is 3. The molecule has 1 aromatic carbocycles. The van der Waals surface area contributed by atoms with Crippen LogP contribution in [0.1, 0.15) is 77.7 Å². The van der Waals surface area contributed by atoms with Crippen LogP contribution >= 0.6 is 0 Å². The molecular weight excluding hydrogens is 1160 g/mol. The number of amides is 11. The van der Waals surface area contributed by atoms with E-state index in [2.05, 4.69) is 47.9 Å². The van der Waals surface area contributed by atoms with Gasteiger partial charge in [-0.15, -0.1) is 0 Å². The molecule has 0 aliphatic carbocycles. The molecule has 0 spiro atoms. The highest BCUT2D eigenvalue weighted by atomic mass is 16.4. The summed E-state index contributed by atoms with van der Waals surface area (Å²) in [5.41, 5.74) is 22.0. The normalized spacial score (nSPS) is 16.4. The van der Waals surface area contributed by atoms with Crippen molar-refractivity contribution >= 4 is 88.8 Å². The summed E-state index contributed by atoms with van der Waals surface area (Å²) in [5.74, 6) is -16.2. The number of primary amides is 1. The summed E-state index contributed by atoms with van der Waals surface area (Å²) in [7, 11) is 0. The average molecular weight is 1240 g/mol. The number of hydrogen-bond donors (Lipinski definition) is 23. The van der Waals surface area contributed by atoms with E-state index in [1.165, 1.54) is 31.2 Å². The molecular formula is C50H80N18O19. The molecule has 11 amide bonds. The molecule has 2 rings (SSSR count). The van der Waals surface area contributed by atoms with Gasteiger partial charge in [0.25, 0.3) is 0 Å². The Bertz CT molecular complexity index is 2650. The molecule has 1 aliphatic rings. The molecule has 1 fully saturated rings. The summed E-state index contributed by atoms with van der Waals surface area (Å²) in [5, 5.41) is 99.3. The number of nitrogens with two attached hydrogens (primary N) is 4. The van der Waals surface area contributed by atoms with Crippen molar-refractivity contribution in [3.8, 4) is 5.75 Å². The van der Waals surface area contributed by atoms with Crippen LogP contribution in [0, 0.1) is 10.8 Å². The van der Waals surface area contributed by atoms with Crippen molar-refractivity contribution in [2.24, 2.45) is 22.9 Å². The Morgan fingerprint density at radius 1 is 0.598 bits per heavy atom. The lowest BCUT2D eigenvalue weighted by molar-refractivity contribution is -0.145. The number of aliphatic hydroxyl groups is 3. The predicted molar refractivity (Wildman–Crippen MR) is 301 cm³/mol. The molecule has 1 saturated heterocycles. The Morgan fingerprint density at radius 2 is 1.08 bits per heavy atom. The van der Waals surface area contributed by atoms with Gasteiger partial charge < -0.3 is 117 Å². The largest absolute Gasteiger partial charge is 0.508 e. The van der Waals surface area contributed by atoms with Gasteiger partial charge in [0.15, 0.2) is 18.0 Å². The highest BCUT2D eigenvalue weighted by Crippen LogP contribution is 2.19. The van der Waals surface area contributed by atoms with E-state index in [0.717, 1.165) is 18.7 Å². The third kappa shape index (κ3) is 26.1. The van der Waals surface area contributed by atoms with Crippen LogP contribution < -0.4 is 81.4 Å². The third-order valence-corrected chi connectivity index (χ3v) is 13.0. The van der Waals surface area contributed by atoms with E-state index in [1.807, 2.05) is 10.6 Å². The van der Waals surface area contributed by atoms with Gasteiger partial charge in [0.1, 0.15) is 60.1 Å². The van der Waals surface area contributed by atoms with Crippen molar-refractivity contribution in [2.75, 3.05) is 32.8 Å². The van der Waals surface area contributed by atoms with Crippen LogP contribution in [0.4, 0.5) is 0 Å². The van der Waals surface area contributed by atoms with Crippen LogP contribution in [0.3, 0.4) is 0 Å². The third-order valence-electron chi connectivity index (χ3n) is 13.0. The first-order valence-electron chi connectivity index (χ1n) is 27.2. The van der Waals surface area contributed by atoms with E-state index < -0.39 is 187 Å². The SMILES string of the molecule is C[C@H](NC(=O)[C@@H](N)[C@@H](C)O)C(=O)N[C@@H](CC(N)=O)C(=O)N[C@@H](CC(=O)O)C(=O)N[C@@H](CO)C(=O)NCC(=O)N1CCC[C@H]1C(=O)N[C@@H](CCCNC(=N)N)C(=O)N[C@@H](CCCNC(=N)N)C(=O)N[C@@H](Cc1ccc(O)cc1)C(=O)N[C@H](C(=O)O)[C@@H](C)O. The summed E-state index contributed by atoms with van der Waals surface area (Å²) in [6, 6.07) is -11.0. The number of aromatic hydroxyl groups is 1. The van der Waals surface area contributed by atoms with E-state index in [9.17, 15) is 93.0 Å². The molecule has 27 N–H and O–H groups in total. The van der Waals surface area contributed by atoms with Crippen molar-refractivity contribution in [2.45, 2.75) is 151 Å². The number of rotatable bonds is 37.